The first kappa shape index (κ1) is 19.4. The van der Waals surface area contributed by atoms with Crippen molar-refractivity contribution < 1.29 is 13.2 Å². The number of carbonyl (C=O) groups is 1. The molecule has 2 aromatic carbocycles. The van der Waals surface area contributed by atoms with Gasteiger partial charge in [-0.05, 0) is 24.1 Å². The normalized spacial score (nSPS) is 11.3. The lowest BCUT2D eigenvalue weighted by atomic mass is 10.1. The summed E-state index contributed by atoms with van der Waals surface area (Å²) >= 11 is 5.93. The van der Waals surface area contributed by atoms with E-state index in [4.69, 9.17) is 11.6 Å². The Balaban J connectivity index is 1.91. The molecule has 0 aliphatic rings. The van der Waals surface area contributed by atoms with Gasteiger partial charge in [0.15, 0.2) is 0 Å². The predicted octanol–water partition coefficient (Wildman–Crippen LogP) is 2.71. The van der Waals surface area contributed by atoms with Crippen molar-refractivity contribution in [1.29, 1.82) is 0 Å². The van der Waals surface area contributed by atoms with Crippen molar-refractivity contribution in [2.45, 2.75) is 18.2 Å². The summed E-state index contributed by atoms with van der Waals surface area (Å²) in [6.07, 6.45) is 0.720. The van der Waals surface area contributed by atoms with Crippen molar-refractivity contribution in [2.75, 3.05) is 19.6 Å². The van der Waals surface area contributed by atoms with Crippen LogP contribution in [0.15, 0.2) is 59.5 Å². The van der Waals surface area contributed by atoms with Crippen LogP contribution >= 0.6 is 11.6 Å². The van der Waals surface area contributed by atoms with Gasteiger partial charge >= 0.3 is 0 Å². The molecular weight excluding hydrogens is 360 g/mol. The van der Waals surface area contributed by atoms with Gasteiger partial charge in [0.25, 0.3) is 0 Å². The number of nitrogens with zero attached hydrogens (tertiary/aromatic N) is 1. The Morgan fingerprint density at radius 3 is 2.32 bits per heavy atom. The van der Waals surface area contributed by atoms with Crippen LogP contribution in [0.1, 0.15) is 12.5 Å². The van der Waals surface area contributed by atoms with Crippen molar-refractivity contribution in [2.24, 2.45) is 0 Å². The largest absolute Gasteiger partial charge is 0.341 e. The van der Waals surface area contributed by atoms with Crippen molar-refractivity contribution in [3.8, 4) is 0 Å². The SMILES string of the molecule is CC(=O)N(CCNS(=O)(=O)c1ccccc1Cl)CCc1ccccc1. The number of nitrogens with one attached hydrogen (secondary N) is 1. The zero-order valence-electron chi connectivity index (χ0n) is 14.0. The zero-order chi connectivity index (χ0) is 18.3. The number of hydrogen-bond acceptors (Lipinski definition) is 3. The lowest BCUT2D eigenvalue weighted by Crippen LogP contribution is -2.38. The maximum atomic E-state index is 12.3. The summed E-state index contributed by atoms with van der Waals surface area (Å²) in [6.45, 7) is 2.44. The van der Waals surface area contributed by atoms with E-state index < -0.39 is 10.0 Å². The van der Waals surface area contributed by atoms with Gasteiger partial charge in [-0.2, -0.15) is 0 Å². The average molecular weight is 381 g/mol. The average Bonchev–Trinajstić information content (AvgIpc) is 2.58. The highest BCUT2D eigenvalue weighted by atomic mass is 35.5. The molecule has 0 saturated carbocycles. The summed E-state index contributed by atoms with van der Waals surface area (Å²) in [7, 11) is -3.70. The van der Waals surface area contributed by atoms with Crippen LogP contribution in [-0.2, 0) is 21.2 Å². The molecule has 0 aromatic heterocycles. The van der Waals surface area contributed by atoms with Crippen molar-refractivity contribution in [1.82, 2.24) is 9.62 Å². The molecule has 134 valence electrons. The van der Waals surface area contributed by atoms with Crippen molar-refractivity contribution in [3.05, 3.63) is 65.2 Å². The molecule has 0 heterocycles. The highest BCUT2D eigenvalue weighted by molar-refractivity contribution is 7.89. The van der Waals surface area contributed by atoms with Crippen LogP contribution in [0.3, 0.4) is 0 Å². The van der Waals surface area contributed by atoms with E-state index in [1.165, 1.54) is 19.1 Å². The van der Waals surface area contributed by atoms with E-state index >= 15 is 0 Å². The number of benzene rings is 2. The first-order valence-electron chi connectivity index (χ1n) is 7.94. The molecular formula is C18H21ClN2O3S. The van der Waals surface area contributed by atoms with Crippen molar-refractivity contribution >= 4 is 27.5 Å². The van der Waals surface area contributed by atoms with Gasteiger partial charge in [-0.3, -0.25) is 4.79 Å². The maximum Gasteiger partial charge on any atom is 0.242 e. The molecule has 25 heavy (non-hydrogen) atoms. The van der Waals surface area contributed by atoms with Gasteiger partial charge in [0.2, 0.25) is 15.9 Å². The van der Waals surface area contributed by atoms with Gasteiger partial charge in [0.1, 0.15) is 4.90 Å². The lowest BCUT2D eigenvalue weighted by molar-refractivity contribution is -0.128. The van der Waals surface area contributed by atoms with E-state index in [1.54, 1.807) is 17.0 Å². The fourth-order valence-electron chi connectivity index (χ4n) is 2.39. The van der Waals surface area contributed by atoms with Crippen LogP contribution in [0.25, 0.3) is 0 Å². The molecule has 0 aliphatic heterocycles. The Kier molecular flexibility index (Phi) is 6.99. The van der Waals surface area contributed by atoms with Crippen LogP contribution in [-0.4, -0.2) is 38.9 Å². The Labute approximate surface area is 153 Å². The van der Waals surface area contributed by atoms with Crippen LogP contribution in [0.4, 0.5) is 0 Å². The standard InChI is InChI=1S/C18H21ClN2O3S/c1-15(22)21(13-11-16-7-3-2-4-8-16)14-12-20-25(23,24)18-10-6-5-9-17(18)19/h2-10,20H,11-14H2,1H3. The molecule has 0 saturated heterocycles. The summed E-state index contributed by atoms with van der Waals surface area (Å²) < 4.78 is 27.1. The van der Waals surface area contributed by atoms with Crippen LogP contribution in [0, 0.1) is 0 Å². The summed E-state index contributed by atoms with van der Waals surface area (Å²) in [5.41, 5.74) is 1.13. The molecule has 2 aromatic rings. The molecule has 0 unspecified atom stereocenters. The Morgan fingerprint density at radius 1 is 1.04 bits per heavy atom. The second-order valence-electron chi connectivity index (χ2n) is 5.57. The van der Waals surface area contributed by atoms with E-state index in [2.05, 4.69) is 4.72 Å². The number of halogens is 1. The van der Waals surface area contributed by atoms with Crippen molar-refractivity contribution in [3.63, 3.8) is 0 Å². The van der Waals surface area contributed by atoms with Gasteiger partial charge in [-0.25, -0.2) is 13.1 Å². The minimum Gasteiger partial charge on any atom is -0.341 e. The second-order valence-corrected chi connectivity index (χ2v) is 7.71. The molecule has 0 aliphatic carbocycles. The van der Waals surface area contributed by atoms with Crippen LogP contribution < -0.4 is 4.72 Å². The number of hydrogen-bond donors (Lipinski definition) is 1. The highest BCUT2D eigenvalue weighted by Crippen LogP contribution is 2.19. The van der Waals surface area contributed by atoms with Gasteiger partial charge in [0.05, 0.1) is 5.02 Å². The Hall–Kier alpha value is -1.89. The molecule has 7 heteroatoms. The Bertz CT molecular complexity index is 810. The summed E-state index contributed by atoms with van der Waals surface area (Å²) in [6, 6.07) is 16.1. The molecule has 5 nitrogen and oxygen atoms in total. The second kappa shape index (κ2) is 8.99. The van der Waals surface area contributed by atoms with E-state index in [9.17, 15) is 13.2 Å². The number of amides is 1. The first-order chi connectivity index (χ1) is 11.9. The van der Waals surface area contributed by atoms with Gasteiger partial charge in [-0.1, -0.05) is 54.1 Å². The molecule has 0 radical (unpaired) electrons. The summed E-state index contributed by atoms with van der Waals surface area (Å²) in [5, 5.41) is 0.169. The first-order valence-corrected chi connectivity index (χ1v) is 9.80. The van der Waals surface area contributed by atoms with E-state index in [1.807, 2.05) is 30.3 Å². The number of carbonyl (C=O) groups excluding carboxylic acids is 1. The topological polar surface area (TPSA) is 66.5 Å². The molecule has 0 spiro atoms. The van der Waals surface area contributed by atoms with E-state index in [-0.39, 0.29) is 22.4 Å². The Morgan fingerprint density at radius 2 is 1.68 bits per heavy atom. The molecule has 0 fully saturated rings. The third-order valence-electron chi connectivity index (χ3n) is 3.76. The van der Waals surface area contributed by atoms with E-state index in [0.29, 0.717) is 13.1 Å². The highest BCUT2D eigenvalue weighted by Gasteiger charge is 2.17. The fraction of sp³-hybridized carbons (Fsp3) is 0.278. The van der Waals surface area contributed by atoms with Crippen LogP contribution in [0.2, 0.25) is 5.02 Å². The maximum absolute atomic E-state index is 12.3. The van der Waals surface area contributed by atoms with Gasteiger partial charge in [0, 0.05) is 26.6 Å². The van der Waals surface area contributed by atoms with Gasteiger partial charge < -0.3 is 4.90 Å². The molecule has 2 rings (SSSR count). The fourth-order valence-corrected chi connectivity index (χ4v) is 3.93. The molecule has 0 atom stereocenters. The summed E-state index contributed by atoms with van der Waals surface area (Å²) in [5.74, 6) is -0.0899. The number of sulfonamides is 1. The third kappa shape index (κ3) is 5.85. The minimum absolute atomic E-state index is 0.0373. The quantitative estimate of drug-likeness (QED) is 0.765. The smallest absolute Gasteiger partial charge is 0.242 e. The predicted molar refractivity (Wildman–Crippen MR) is 99.0 cm³/mol. The molecule has 1 amide bonds. The molecule has 1 N–H and O–H groups in total. The monoisotopic (exact) mass is 380 g/mol. The van der Waals surface area contributed by atoms with E-state index in [0.717, 1.165) is 12.0 Å². The summed E-state index contributed by atoms with van der Waals surface area (Å²) in [4.78, 5) is 13.4. The number of rotatable bonds is 8. The van der Waals surface area contributed by atoms with Crippen LogP contribution in [0.5, 0.6) is 0 Å². The minimum atomic E-state index is -3.70. The van der Waals surface area contributed by atoms with Gasteiger partial charge in [-0.15, -0.1) is 0 Å². The lowest BCUT2D eigenvalue weighted by Gasteiger charge is -2.21. The molecule has 0 bridgehead atoms. The third-order valence-corrected chi connectivity index (χ3v) is 5.72. The zero-order valence-corrected chi connectivity index (χ0v) is 15.6.